The minimum absolute atomic E-state index is 0.0660. The van der Waals surface area contributed by atoms with Crippen LogP contribution in [0.1, 0.15) is 24.0 Å². The molecule has 5 rings (SSSR count). The third-order valence-corrected chi connectivity index (χ3v) is 6.41. The van der Waals surface area contributed by atoms with Crippen molar-refractivity contribution in [2.75, 3.05) is 19.8 Å². The zero-order chi connectivity index (χ0) is 21.2. The molecule has 0 aliphatic carbocycles. The first-order valence-corrected chi connectivity index (χ1v) is 11.2. The predicted molar refractivity (Wildman–Crippen MR) is 125 cm³/mol. The van der Waals surface area contributed by atoms with Gasteiger partial charge in [0.25, 0.3) is 0 Å². The van der Waals surface area contributed by atoms with Crippen LogP contribution in [0.3, 0.4) is 0 Å². The molecule has 0 bridgehead atoms. The van der Waals surface area contributed by atoms with Gasteiger partial charge in [-0.3, -0.25) is 5.84 Å². The Balaban J connectivity index is 1.50. The van der Waals surface area contributed by atoms with Gasteiger partial charge in [-0.2, -0.15) is 0 Å². The number of hydrogen-bond donors (Lipinski definition) is 2. The SMILES string of the molecule is NN(CC1=C(c2ccc(Cl)cc2)NC2C=CC(c3ccccc3)=CN12)C1CCOCC1. The highest BCUT2D eigenvalue weighted by molar-refractivity contribution is 6.30. The zero-order valence-electron chi connectivity index (χ0n) is 17.4. The largest absolute Gasteiger partial charge is 0.381 e. The van der Waals surface area contributed by atoms with E-state index in [1.165, 1.54) is 16.8 Å². The van der Waals surface area contributed by atoms with Gasteiger partial charge in [-0.05, 0) is 47.8 Å². The molecular weight excluding hydrogens is 408 g/mol. The van der Waals surface area contributed by atoms with E-state index < -0.39 is 0 Å². The highest BCUT2D eigenvalue weighted by atomic mass is 35.5. The summed E-state index contributed by atoms with van der Waals surface area (Å²) in [6.07, 6.45) is 8.61. The first-order valence-electron chi connectivity index (χ1n) is 10.8. The first-order chi connectivity index (χ1) is 15.2. The van der Waals surface area contributed by atoms with E-state index in [0.29, 0.717) is 12.6 Å². The molecule has 3 aliphatic rings. The van der Waals surface area contributed by atoms with Crippen molar-refractivity contribution in [2.24, 2.45) is 5.84 Å². The summed E-state index contributed by atoms with van der Waals surface area (Å²) >= 11 is 6.14. The topological polar surface area (TPSA) is 53.8 Å². The van der Waals surface area contributed by atoms with Crippen LogP contribution >= 0.6 is 11.6 Å². The molecule has 1 unspecified atom stereocenters. The fourth-order valence-electron chi connectivity index (χ4n) is 4.43. The van der Waals surface area contributed by atoms with Gasteiger partial charge in [0.2, 0.25) is 0 Å². The molecule has 5 nitrogen and oxygen atoms in total. The summed E-state index contributed by atoms with van der Waals surface area (Å²) in [4.78, 5) is 2.31. The third-order valence-electron chi connectivity index (χ3n) is 6.16. The zero-order valence-corrected chi connectivity index (χ0v) is 18.1. The maximum atomic E-state index is 6.59. The highest BCUT2D eigenvalue weighted by Crippen LogP contribution is 2.34. The molecule has 0 saturated carbocycles. The van der Waals surface area contributed by atoms with E-state index in [1.54, 1.807) is 0 Å². The van der Waals surface area contributed by atoms with E-state index in [1.807, 2.05) is 23.2 Å². The smallest absolute Gasteiger partial charge is 0.123 e. The van der Waals surface area contributed by atoms with Crippen LogP contribution in [0.4, 0.5) is 0 Å². The van der Waals surface area contributed by atoms with Crippen molar-refractivity contribution in [2.45, 2.75) is 25.0 Å². The second-order valence-corrected chi connectivity index (χ2v) is 8.59. The van der Waals surface area contributed by atoms with Crippen LogP contribution in [-0.4, -0.2) is 41.9 Å². The second-order valence-electron chi connectivity index (χ2n) is 8.15. The Kier molecular flexibility index (Phi) is 5.83. The number of halogens is 1. The van der Waals surface area contributed by atoms with E-state index in [-0.39, 0.29) is 6.17 Å². The maximum absolute atomic E-state index is 6.59. The van der Waals surface area contributed by atoms with Crippen molar-refractivity contribution in [3.63, 3.8) is 0 Å². The lowest BCUT2D eigenvalue weighted by Crippen LogP contribution is -2.46. The Morgan fingerprint density at radius 2 is 1.77 bits per heavy atom. The number of nitrogens with zero attached hydrogens (tertiary/aromatic N) is 2. The molecule has 2 aromatic carbocycles. The van der Waals surface area contributed by atoms with Crippen molar-refractivity contribution in [3.05, 3.63) is 94.8 Å². The minimum atomic E-state index is 0.0660. The molecule has 3 N–H and O–H groups in total. The number of fused-ring (bicyclic) bond motifs is 1. The van der Waals surface area contributed by atoms with Crippen LogP contribution in [0.5, 0.6) is 0 Å². The lowest BCUT2D eigenvalue weighted by molar-refractivity contribution is 0.0354. The normalized spacial score (nSPS) is 21.3. The highest BCUT2D eigenvalue weighted by Gasteiger charge is 2.33. The molecule has 3 heterocycles. The van der Waals surface area contributed by atoms with E-state index in [2.05, 4.69) is 65.0 Å². The molecule has 31 heavy (non-hydrogen) atoms. The van der Waals surface area contributed by atoms with Gasteiger partial charge in [0, 0.05) is 30.5 Å². The summed E-state index contributed by atoms with van der Waals surface area (Å²) in [7, 11) is 0. The van der Waals surface area contributed by atoms with Gasteiger partial charge < -0.3 is 15.0 Å². The second kappa shape index (κ2) is 8.89. The van der Waals surface area contributed by atoms with Crippen LogP contribution in [-0.2, 0) is 4.74 Å². The number of hydrazine groups is 1. The third kappa shape index (κ3) is 4.27. The molecule has 0 aromatic heterocycles. The van der Waals surface area contributed by atoms with Gasteiger partial charge >= 0.3 is 0 Å². The van der Waals surface area contributed by atoms with Crippen LogP contribution in [0.15, 0.2) is 78.6 Å². The number of rotatable bonds is 5. The average molecular weight is 435 g/mol. The Labute approximate surface area is 188 Å². The number of ether oxygens (including phenoxy) is 1. The van der Waals surface area contributed by atoms with E-state index >= 15 is 0 Å². The summed E-state index contributed by atoms with van der Waals surface area (Å²) < 4.78 is 5.52. The van der Waals surface area contributed by atoms with Crippen LogP contribution in [0.25, 0.3) is 11.3 Å². The number of nitrogens with one attached hydrogen (secondary N) is 1. The lowest BCUT2D eigenvalue weighted by atomic mass is 10.0. The Hall–Kier alpha value is -2.57. The molecular formula is C25H27ClN4O. The summed E-state index contributed by atoms with van der Waals surface area (Å²) in [6.45, 7) is 2.19. The van der Waals surface area contributed by atoms with Gasteiger partial charge in [-0.15, -0.1) is 0 Å². The van der Waals surface area contributed by atoms with Crippen LogP contribution in [0.2, 0.25) is 5.02 Å². The van der Waals surface area contributed by atoms with Crippen molar-refractivity contribution in [1.29, 1.82) is 0 Å². The van der Waals surface area contributed by atoms with Crippen LogP contribution < -0.4 is 11.2 Å². The van der Waals surface area contributed by atoms with Crippen molar-refractivity contribution >= 4 is 22.9 Å². The molecule has 1 saturated heterocycles. The molecule has 0 amide bonds. The maximum Gasteiger partial charge on any atom is 0.123 e. The monoisotopic (exact) mass is 434 g/mol. The van der Waals surface area contributed by atoms with Crippen molar-refractivity contribution in [3.8, 4) is 0 Å². The molecule has 1 fully saturated rings. The standard InChI is InChI=1S/C25H27ClN4O/c26-21-9-6-19(7-10-21)25-23(17-30(27)22-12-14-31-15-13-22)29-16-20(8-11-24(29)28-25)18-4-2-1-3-5-18/h1-11,16,22,24,28H,12-15,17,27H2. The van der Waals surface area contributed by atoms with Crippen molar-refractivity contribution in [1.82, 2.24) is 15.2 Å². The van der Waals surface area contributed by atoms with Gasteiger partial charge in [0.1, 0.15) is 6.17 Å². The van der Waals surface area contributed by atoms with E-state index in [0.717, 1.165) is 42.3 Å². The first kappa shape index (κ1) is 20.3. The predicted octanol–water partition coefficient (Wildman–Crippen LogP) is 4.21. The number of hydrogen-bond acceptors (Lipinski definition) is 5. The van der Waals surface area contributed by atoms with Crippen molar-refractivity contribution < 1.29 is 4.74 Å². The van der Waals surface area contributed by atoms with E-state index in [9.17, 15) is 0 Å². The van der Waals surface area contributed by atoms with Gasteiger partial charge in [-0.25, -0.2) is 5.01 Å². The Morgan fingerprint density at radius 1 is 1.03 bits per heavy atom. The van der Waals surface area contributed by atoms with E-state index in [4.69, 9.17) is 22.2 Å². The summed E-state index contributed by atoms with van der Waals surface area (Å²) in [5, 5.41) is 6.39. The molecule has 6 heteroatoms. The molecule has 2 aromatic rings. The Bertz CT molecular complexity index is 1010. The lowest BCUT2D eigenvalue weighted by Gasteiger charge is -2.34. The summed E-state index contributed by atoms with van der Waals surface area (Å²) in [5.74, 6) is 6.59. The summed E-state index contributed by atoms with van der Waals surface area (Å²) in [6, 6.07) is 18.8. The molecule has 1 atom stereocenters. The molecule has 0 radical (unpaired) electrons. The minimum Gasteiger partial charge on any atom is -0.381 e. The van der Waals surface area contributed by atoms with Gasteiger partial charge in [0.05, 0.1) is 17.9 Å². The Morgan fingerprint density at radius 3 is 2.52 bits per heavy atom. The average Bonchev–Trinajstić information content (AvgIpc) is 3.18. The summed E-state index contributed by atoms with van der Waals surface area (Å²) in [5.41, 5.74) is 5.75. The molecule has 0 spiro atoms. The fraction of sp³-hybridized carbons (Fsp3) is 0.280. The van der Waals surface area contributed by atoms with Gasteiger partial charge in [0.15, 0.2) is 0 Å². The quantitative estimate of drug-likeness (QED) is 0.545. The number of benzene rings is 2. The van der Waals surface area contributed by atoms with Crippen LogP contribution in [0, 0.1) is 0 Å². The fourth-order valence-corrected chi connectivity index (χ4v) is 4.56. The number of nitrogens with two attached hydrogens (primary N) is 1. The molecule has 160 valence electrons. The number of allylic oxidation sites excluding steroid dienone is 2. The van der Waals surface area contributed by atoms with Gasteiger partial charge in [-0.1, -0.05) is 60.1 Å². The molecule has 3 aliphatic heterocycles.